The van der Waals surface area contributed by atoms with Crippen LogP contribution in [0.1, 0.15) is 0 Å². The lowest BCUT2D eigenvalue weighted by Crippen LogP contribution is -2.18. The minimum Gasteiger partial charge on any atom is -0.350 e. The van der Waals surface area contributed by atoms with Gasteiger partial charge in [0.15, 0.2) is 21.7 Å². The summed E-state index contributed by atoms with van der Waals surface area (Å²) >= 11 is 13.1. The van der Waals surface area contributed by atoms with E-state index in [0.717, 1.165) is 0 Å². The molecule has 0 aliphatic carbocycles. The molecule has 9 nitrogen and oxygen atoms in total. The lowest BCUT2D eigenvalue weighted by Gasteiger charge is -2.15. The minimum atomic E-state index is -5.15. The lowest BCUT2D eigenvalue weighted by atomic mass is 9.99. The van der Waals surface area contributed by atoms with Gasteiger partial charge in [-0.3, -0.25) is 23.7 Å². The van der Waals surface area contributed by atoms with Crippen molar-refractivity contribution < 1.29 is 13.0 Å². The molecule has 0 saturated heterocycles. The van der Waals surface area contributed by atoms with E-state index >= 15 is 0 Å². The number of nitrogens with one attached hydrogen (secondary N) is 2. The zero-order valence-electron chi connectivity index (χ0n) is 19.8. The van der Waals surface area contributed by atoms with Crippen LogP contribution < -0.4 is 21.7 Å². The van der Waals surface area contributed by atoms with Crippen molar-refractivity contribution in [3.05, 3.63) is 106 Å². The first-order valence-corrected chi connectivity index (χ1v) is 13.8. The first kappa shape index (κ1) is 24.7. The van der Waals surface area contributed by atoms with Crippen LogP contribution in [0.2, 0.25) is 10.0 Å². The number of H-pyrrole nitrogens is 2. The van der Waals surface area contributed by atoms with Crippen molar-refractivity contribution in [2.75, 3.05) is 0 Å². The predicted octanol–water partition coefficient (Wildman–Crippen LogP) is 4.69. The van der Waals surface area contributed by atoms with Crippen molar-refractivity contribution in [3.8, 4) is 0 Å². The van der Waals surface area contributed by atoms with E-state index in [1.807, 2.05) is 0 Å². The summed E-state index contributed by atoms with van der Waals surface area (Å²) in [5, 5.41) is -1.26. The Hall–Kier alpha value is -4.35. The van der Waals surface area contributed by atoms with Gasteiger partial charge in [0.2, 0.25) is 0 Å². The molecule has 0 bridgehead atoms. The van der Waals surface area contributed by atoms with Crippen LogP contribution in [0.5, 0.6) is 0 Å². The minimum absolute atomic E-state index is 0.00569. The van der Waals surface area contributed by atoms with Gasteiger partial charge in [0, 0.05) is 26.9 Å². The molecule has 0 amide bonds. The van der Waals surface area contributed by atoms with Crippen LogP contribution in [-0.4, -0.2) is 22.9 Å². The second-order valence-electron chi connectivity index (χ2n) is 9.31. The average Bonchev–Trinajstić information content (AvgIpc) is 2.93. The summed E-state index contributed by atoms with van der Waals surface area (Å²) in [6.45, 7) is 0. The van der Waals surface area contributed by atoms with E-state index in [0.29, 0.717) is 0 Å². The number of benzene rings is 6. The normalized spacial score (nSPS) is 12.5. The van der Waals surface area contributed by atoms with Crippen LogP contribution in [0.3, 0.4) is 0 Å². The van der Waals surface area contributed by atoms with E-state index < -0.39 is 47.1 Å². The highest BCUT2D eigenvalue weighted by Gasteiger charge is 2.29. The molecule has 0 saturated carbocycles. The Morgan fingerprint density at radius 2 is 1.02 bits per heavy atom. The molecule has 0 unspecified atom stereocenters. The van der Waals surface area contributed by atoms with Gasteiger partial charge in [0.05, 0.1) is 48.3 Å². The quantitative estimate of drug-likeness (QED) is 0.142. The van der Waals surface area contributed by atoms with E-state index in [4.69, 9.17) is 23.2 Å². The van der Waals surface area contributed by atoms with Crippen LogP contribution in [0.4, 0.5) is 0 Å². The number of fused-ring (bicyclic) bond motifs is 8. The molecule has 1 heterocycles. The highest BCUT2D eigenvalue weighted by Crippen LogP contribution is 2.38. The zero-order valence-corrected chi connectivity index (χ0v) is 22.1. The Balaban J connectivity index is 1.85. The third kappa shape index (κ3) is 3.10. The summed E-state index contributed by atoms with van der Waals surface area (Å²) in [4.78, 5) is 59.0. The molecule has 0 aliphatic rings. The molecule has 6 aromatic carbocycles. The van der Waals surface area contributed by atoms with Crippen LogP contribution in [0.25, 0.3) is 65.2 Å². The molecule has 196 valence electrons. The smallest absolute Gasteiger partial charge is 0.296 e. The average molecular weight is 591 g/mol. The van der Waals surface area contributed by atoms with Gasteiger partial charge in [-0.05, 0) is 6.07 Å². The van der Waals surface area contributed by atoms with Crippen molar-refractivity contribution in [1.82, 2.24) is 9.97 Å². The van der Waals surface area contributed by atoms with Gasteiger partial charge in [-0.15, -0.1) is 0 Å². The molecule has 7 rings (SSSR count). The SMILES string of the molecule is O=c1c2ccccc2c(=O)c2c1cc(Cl)c1[nH]c3c([nH]c12)c(Cl)c(S(=O)(=O)O)c1c(=O)c2ccccc2c(=O)c13. The molecule has 0 aliphatic heterocycles. The Morgan fingerprint density at radius 3 is 1.57 bits per heavy atom. The number of aromatic amines is 2. The number of rotatable bonds is 1. The number of hydrogen-bond donors (Lipinski definition) is 3. The van der Waals surface area contributed by atoms with E-state index in [1.165, 1.54) is 36.4 Å². The second-order valence-corrected chi connectivity index (χ2v) is 11.5. The second kappa shape index (κ2) is 8.09. The van der Waals surface area contributed by atoms with Gasteiger partial charge in [-0.1, -0.05) is 71.7 Å². The van der Waals surface area contributed by atoms with Crippen molar-refractivity contribution in [3.63, 3.8) is 0 Å². The molecule has 40 heavy (non-hydrogen) atoms. The molecule has 12 heteroatoms. The maximum atomic E-state index is 13.7. The summed E-state index contributed by atoms with van der Waals surface area (Å²) < 4.78 is 35.3. The third-order valence-electron chi connectivity index (χ3n) is 7.19. The van der Waals surface area contributed by atoms with Crippen LogP contribution >= 0.6 is 23.2 Å². The zero-order chi connectivity index (χ0) is 28.2. The first-order valence-electron chi connectivity index (χ1n) is 11.6. The Labute approximate surface area is 231 Å². The van der Waals surface area contributed by atoms with Gasteiger partial charge in [-0.2, -0.15) is 8.42 Å². The molecule has 0 spiro atoms. The van der Waals surface area contributed by atoms with E-state index in [1.54, 1.807) is 18.2 Å². The molecule has 3 N–H and O–H groups in total. The van der Waals surface area contributed by atoms with Crippen molar-refractivity contribution in [1.29, 1.82) is 0 Å². The van der Waals surface area contributed by atoms with Gasteiger partial charge >= 0.3 is 0 Å². The molecule has 1 aromatic heterocycles. The summed E-state index contributed by atoms with van der Waals surface area (Å²) in [7, 11) is -5.15. The van der Waals surface area contributed by atoms with Crippen LogP contribution in [0, 0.1) is 0 Å². The topological polar surface area (TPSA) is 154 Å². The third-order valence-corrected chi connectivity index (χ3v) is 8.90. The fourth-order valence-corrected chi connectivity index (χ4v) is 7.06. The number of hydrogen-bond acceptors (Lipinski definition) is 6. The van der Waals surface area contributed by atoms with Gasteiger partial charge in [-0.25, -0.2) is 0 Å². The maximum Gasteiger partial charge on any atom is 0.296 e. The van der Waals surface area contributed by atoms with Gasteiger partial charge in [0.25, 0.3) is 10.1 Å². The van der Waals surface area contributed by atoms with Crippen molar-refractivity contribution in [2.24, 2.45) is 0 Å². The van der Waals surface area contributed by atoms with E-state index in [9.17, 15) is 32.1 Å². The summed E-state index contributed by atoms with van der Waals surface area (Å²) in [5.74, 6) is 0. The molecule has 0 fully saturated rings. The van der Waals surface area contributed by atoms with Crippen molar-refractivity contribution in [2.45, 2.75) is 4.90 Å². The van der Waals surface area contributed by atoms with Crippen LogP contribution in [0.15, 0.2) is 78.7 Å². The lowest BCUT2D eigenvalue weighted by molar-refractivity contribution is 0.484. The monoisotopic (exact) mass is 590 g/mol. The standard InChI is InChI=1S/C28H12Cl2N2O7S/c29-15-9-14-16(25(34)11-6-2-1-5-10(11)24(14)33)21-20(15)31-22-17-18(28(40(37,38)39)19(30)23(22)32-21)27(36)13-8-4-3-7-12(13)26(17)35/h1-9,31-32H,(H,37,38,39). The summed E-state index contributed by atoms with van der Waals surface area (Å²) in [5.41, 5.74) is -2.64. The number of aromatic nitrogens is 2. The Morgan fingerprint density at radius 1 is 0.575 bits per heavy atom. The maximum absolute atomic E-state index is 13.7. The predicted molar refractivity (Wildman–Crippen MR) is 156 cm³/mol. The van der Waals surface area contributed by atoms with Crippen LogP contribution in [-0.2, 0) is 10.1 Å². The molecular weight excluding hydrogens is 579 g/mol. The molecule has 0 radical (unpaired) electrons. The molecule has 0 atom stereocenters. The van der Waals surface area contributed by atoms with Gasteiger partial charge in [0.1, 0.15) is 4.90 Å². The first-order chi connectivity index (χ1) is 19.0. The highest BCUT2D eigenvalue weighted by molar-refractivity contribution is 7.86. The summed E-state index contributed by atoms with van der Waals surface area (Å²) in [6.07, 6.45) is 0. The number of halogens is 2. The van der Waals surface area contributed by atoms with E-state index in [2.05, 4.69) is 9.97 Å². The fourth-order valence-electron chi connectivity index (χ4n) is 5.49. The molecule has 7 aromatic rings. The molecular formula is C28H12Cl2N2O7S. The summed E-state index contributed by atoms with van der Waals surface area (Å²) in [6, 6.07) is 13.4. The highest BCUT2D eigenvalue weighted by atomic mass is 35.5. The van der Waals surface area contributed by atoms with E-state index in [-0.39, 0.29) is 64.8 Å². The largest absolute Gasteiger partial charge is 0.350 e. The fraction of sp³-hybridized carbons (Fsp3) is 0. The van der Waals surface area contributed by atoms with Gasteiger partial charge < -0.3 is 9.97 Å². The van der Waals surface area contributed by atoms with Crippen molar-refractivity contribution >= 4 is 98.5 Å². The Kier molecular flexibility index (Phi) is 4.99. The Bertz CT molecular complexity index is 2680.